The van der Waals surface area contributed by atoms with Gasteiger partial charge in [0, 0.05) is 10.6 Å². The molecule has 25 heavy (non-hydrogen) atoms. The first-order valence-corrected chi connectivity index (χ1v) is 8.02. The Morgan fingerprint density at radius 1 is 0.960 bits per heavy atom. The van der Waals surface area contributed by atoms with E-state index in [9.17, 15) is 14.4 Å². The molecular formula is C18H18ClN3O3. The fourth-order valence-electron chi connectivity index (χ4n) is 2.01. The van der Waals surface area contributed by atoms with Crippen LogP contribution in [-0.4, -0.2) is 23.8 Å². The predicted molar refractivity (Wildman–Crippen MR) is 94.8 cm³/mol. The number of amides is 3. The van der Waals surface area contributed by atoms with Gasteiger partial charge >= 0.3 is 0 Å². The molecule has 0 aromatic heterocycles. The van der Waals surface area contributed by atoms with Crippen LogP contribution in [-0.2, 0) is 16.0 Å². The highest BCUT2D eigenvalue weighted by molar-refractivity contribution is 6.30. The maximum atomic E-state index is 12.0. The summed E-state index contributed by atoms with van der Waals surface area (Å²) in [4.78, 5) is 35.8. The molecule has 0 heterocycles. The van der Waals surface area contributed by atoms with E-state index in [1.807, 2.05) is 30.3 Å². The third-order valence-electron chi connectivity index (χ3n) is 3.38. The van der Waals surface area contributed by atoms with Crippen LogP contribution in [0.4, 0.5) is 0 Å². The molecule has 1 atom stereocenters. The molecule has 7 heteroatoms. The molecule has 3 amide bonds. The largest absolute Gasteiger partial charge is 0.340 e. The van der Waals surface area contributed by atoms with Crippen LogP contribution in [0.5, 0.6) is 0 Å². The van der Waals surface area contributed by atoms with Gasteiger partial charge in [-0.05, 0) is 36.8 Å². The summed E-state index contributed by atoms with van der Waals surface area (Å²) in [5, 5.41) is 3.06. The molecule has 0 saturated heterocycles. The Balaban J connectivity index is 1.78. The van der Waals surface area contributed by atoms with Gasteiger partial charge in [-0.15, -0.1) is 0 Å². The number of hydrogen-bond acceptors (Lipinski definition) is 3. The molecule has 6 nitrogen and oxygen atoms in total. The monoisotopic (exact) mass is 359 g/mol. The zero-order valence-corrected chi connectivity index (χ0v) is 14.3. The van der Waals surface area contributed by atoms with E-state index >= 15 is 0 Å². The SMILES string of the molecule is CC(NC(=O)c1ccc(Cl)cc1)C(=O)NNC(=O)Cc1ccccc1. The quantitative estimate of drug-likeness (QED) is 0.712. The van der Waals surface area contributed by atoms with Crippen LogP contribution in [0.1, 0.15) is 22.8 Å². The summed E-state index contributed by atoms with van der Waals surface area (Å²) in [6.07, 6.45) is 0.145. The van der Waals surface area contributed by atoms with Crippen LogP contribution in [0.15, 0.2) is 54.6 Å². The van der Waals surface area contributed by atoms with Gasteiger partial charge in [0.2, 0.25) is 5.91 Å². The topological polar surface area (TPSA) is 87.3 Å². The van der Waals surface area contributed by atoms with Crippen molar-refractivity contribution in [1.29, 1.82) is 0 Å². The minimum absolute atomic E-state index is 0.145. The first-order valence-electron chi connectivity index (χ1n) is 7.65. The third-order valence-corrected chi connectivity index (χ3v) is 3.63. The fraction of sp³-hybridized carbons (Fsp3) is 0.167. The lowest BCUT2D eigenvalue weighted by atomic mass is 10.1. The average Bonchev–Trinajstić information content (AvgIpc) is 2.61. The maximum absolute atomic E-state index is 12.0. The van der Waals surface area contributed by atoms with Gasteiger partial charge in [0.15, 0.2) is 0 Å². The van der Waals surface area contributed by atoms with Crippen molar-refractivity contribution in [2.24, 2.45) is 0 Å². The number of hydrogen-bond donors (Lipinski definition) is 3. The second-order valence-corrected chi connectivity index (χ2v) is 5.84. The van der Waals surface area contributed by atoms with Gasteiger partial charge in [-0.1, -0.05) is 41.9 Å². The maximum Gasteiger partial charge on any atom is 0.260 e. The minimum Gasteiger partial charge on any atom is -0.340 e. The molecule has 0 radical (unpaired) electrons. The lowest BCUT2D eigenvalue weighted by molar-refractivity contribution is -0.129. The van der Waals surface area contributed by atoms with E-state index < -0.39 is 17.9 Å². The summed E-state index contributed by atoms with van der Waals surface area (Å²) < 4.78 is 0. The molecule has 1 unspecified atom stereocenters. The third kappa shape index (κ3) is 5.93. The predicted octanol–water partition coefficient (Wildman–Crippen LogP) is 1.85. The molecule has 130 valence electrons. The molecule has 2 aromatic carbocycles. The Hall–Kier alpha value is -2.86. The highest BCUT2D eigenvalue weighted by atomic mass is 35.5. The van der Waals surface area contributed by atoms with E-state index in [0.717, 1.165) is 5.56 Å². The molecule has 0 aliphatic carbocycles. The Labute approximate surface area is 150 Å². The van der Waals surface area contributed by atoms with Crippen molar-refractivity contribution in [2.45, 2.75) is 19.4 Å². The zero-order chi connectivity index (χ0) is 18.2. The van der Waals surface area contributed by atoms with Gasteiger partial charge in [0.05, 0.1) is 6.42 Å². The standard InChI is InChI=1S/C18H18ClN3O3/c1-12(20-18(25)14-7-9-15(19)10-8-14)17(24)22-21-16(23)11-13-5-3-2-4-6-13/h2-10,12H,11H2,1H3,(H,20,25)(H,21,23)(H,22,24). The van der Waals surface area contributed by atoms with E-state index in [-0.39, 0.29) is 12.3 Å². The molecule has 0 spiro atoms. The molecule has 2 aromatic rings. The van der Waals surface area contributed by atoms with Gasteiger partial charge in [0.1, 0.15) is 6.04 Å². The van der Waals surface area contributed by atoms with Crippen LogP contribution in [0, 0.1) is 0 Å². The van der Waals surface area contributed by atoms with Gasteiger partial charge in [-0.2, -0.15) is 0 Å². The average molecular weight is 360 g/mol. The van der Waals surface area contributed by atoms with Crippen molar-refractivity contribution in [1.82, 2.24) is 16.2 Å². The van der Waals surface area contributed by atoms with E-state index in [0.29, 0.717) is 10.6 Å². The van der Waals surface area contributed by atoms with Gasteiger partial charge < -0.3 is 5.32 Å². The Bertz CT molecular complexity index is 748. The molecule has 3 N–H and O–H groups in total. The summed E-state index contributed by atoms with van der Waals surface area (Å²) in [6, 6.07) is 14.6. The zero-order valence-electron chi connectivity index (χ0n) is 13.6. The molecule has 0 aliphatic heterocycles. The van der Waals surface area contributed by atoms with Crippen LogP contribution in [0.3, 0.4) is 0 Å². The number of rotatable bonds is 5. The fourth-order valence-corrected chi connectivity index (χ4v) is 2.14. The van der Waals surface area contributed by atoms with Crippen molar-refractivity contribution in [2.75, 3.05) is 0 Å². The van der Waals surface area contributed by atoms with Crippen molar-refractivity contribution < 1.29 is 14.4 Å². The lowest BCUT2D eigenvalue weighted by Gasteiger charge is -2.14. The highest BCUT2D eigenvalue weighted by Crippen LogP contribution is 2.09. The van der Waals surface area contributed by atoms with Crippen molar-refractivity contribution >= 4 is 29.3 Å². The highest BCUT2D eigenvalue weighted by Gasteiger charge is 2.17. The second kappa shape index (κ2) is 8.84. The Morgan fingerprint density at radius 3 is 2.24 bits per heavy atom. The van der Waals surface area contributed by atoms with Gasteiger partial charge in [0.25, 0.3) is 11.8 Å². The molecule has 0 aliphatic rings. The summed E-state index contributed by atoms with van der Waals surface area (Å²) >= 11 is 5.77. The number of hydrazine groups is 1. The number of nitrogens with one attached hydrogen (secondary N) is 3. The Kier molecular flexibility index (Phi) is 6.54. The smallest absolute Gasteiger partial charge is 0.260 e. The molecule has 0 saturated carbocycles. The summed E-state index contributed by atoms with van der Waals surface area (Å²) in [5.41, 5.74) is 5.84. The molecular weight excluding hydrogens is 342 g/mol. The van der Waals surface area contributed by atoms with Crippen molar-refractivity contribution in [3.63, 3.8) is 0 Å². The number of halogens is 1. The Morgan fingerprint density at radius 2 is 1.60 bits per heavy atom. The minimum atomic E-state index is -0.819. The first kappa shape index (κ1) is 18.5. The van der Waals surface area contributed by atoms with Gasteiger partial charge in [-0.25, -0.2) is 0 Å². The van der Waals surface area contributed by atoms with Crippen molar-refractivity contribution in [3.8, 4) is 0 Å². The van der Waals surface area contributed by atoms with E-state index in [1.165, 1.54) is 6.92 Å². The number of carbonyl (C=O) groups is 3. The number of carbonyl (C=O) groups excluding carboxylic acids is 3. The summed E-state index contributed by atoms with van der Waals surface area (Å²) in [5.74, 6) is -1.28. The molecule has 2 rings (SSSR count). The van der Waals surface area contributed by atoms with E-state index in [4.69, 9.17) is 11.6 Å². The summed E-state index contributed by atoms with van der Waals surface area (Å²) in [6.45, 7) is 1.52. The van der Waals surface area contributed by atoms with Crippen molar-refractivity contribution in [3.05, 3.63) is 70.7 Å². The number of benzene rings is 2. The molecule has 0 fully saturated rings. The first-order chi connectivity index (χ1) is 12.0. The second-order valence-electron chi connectivity index (χ2n) is 5.40. The van der Waals surface area contributed by atoms with Crippen LogP contribution in [0.2, 0.25) is 5.02 Å². The van der Waals surface area contributed by atoms with Crippen LogP contribution in [0.25, 0.3) is 0 Å². The van der Waals surface area contributed by atoms with Crippen LogP contribution >= 0.6 is 11.6 Å². The molecule has 0 bridgehead atoms. The van der Waals surface area contributed by atoms with E-state index in [1.54, 1.807) is 24.3 Å². The van der Waals surface area contributed by atoms with Gasteiger partial charge in [-0.3, -0.25) is 25.2 Å². The summed E-state index contributed by atoms with van der Waals surface area (Å²) in [7, 11) is 0. The van der Waals surface area contributed by atoms with Crippen LogP contribution < -0.4 is 16.2 Å². The normalized spacial score (nSPS) is 11.3. The lowest BCUT2D eigenvalue weighted by Crippen LogP contribution is -2.51. The van der Waals surface area contributed by atoms with E-state index in [2.05, 4.69) is 16.2 Å².